The Morgan fingerprint density at radius 2 is 2.17 bits per heavy atom. The highest BCUT2D eigenvalue weighted by Gasteiger charge is 2.22. The van der Waals surface area contributed by atoms with Gasteiger partial charge in [0.1, 0.15) is 0 Å². The lowest BCUT2D eigenvalue weighted by Crippen LogP contribution is -2.05. The van der Waals surface area contributed by atoms with Gasteiger partial charge in [-0.25, -0.2) is 0 Å². The zero-order valence-electron chi connectivity index (χ0n) is 12.4. The van der Waals surface area contributed by atoms with Gasteiger partial charge in [-0.2, -0.15) is 0 Å². The summed E-state index contributed by atoms with van der Waals surface area (Å²) in [7, 11) is 0. The Morgan fingerprint density at radius 1 is 1.35 bits per heavy atom. The molecule has 1 aromatic carbocycles. The van der Waals surface area contributed by atoms with Crippen LogP contribution in [0, 0.1) is 17.0 Å². The molecule has 8 heteroatoms. The van der Waals surface area contributed by atoms with Crippen LogP contribution in [0.15, 0.2) is 40.1 Å². The summed E-state index contributed by atoms with van der Waals surface area (Å²) in [5, 5.41) is 21.0. The van der Waals surface area contributed by atoms with Gasteiger partial charge in [0.25, 0.3) is 11.8 Å². The van der Waals surface area contributed by atoms with Crippen LogP contribution in [0.3, 0.4) is 0 Å². The lowest BCUT2D eigenvalue weighted by molar-refractivity contribution is -0.386. The Balaban J connectivity index is 1.82. The van der Waals surface area contributed by atoms with Gasteiger partial charge < -0.3 is 9.15 Å². The van der Waals surface area contributed by atoms with E-state index in [4.69, 9.17) is 9.15 Å². The molecular weight excluding hydrogens is 318 g/mol. The van der Waals surface area contributed by atoms with Crippen LogP contribution in [0.4, 0.5) is 5.69 Å². The molecule has 2 heterocycles. The first-order valence-corrected chi connectivity index (χ1v) is 7.71. The molecule has 7 nitrogen and oxygen atoms in total. The van der Waals surface area contributed by atoms with Crippen LogP contribution in [0.2, 0.25) is 0 Å². The summed E-state index contributed by atoms with van der Waals surface area (Å²) in [6, 6.07) is 8.55. The Labute approximate surface area is 135 Å². The summed E-state index contributed by atoms with van der Waals surface area (Å²) >= 11 is 1.49. The molecule has 0 N–H and O–H groups in total. The first-order chi connectivity index (χ1) is 11.0. The molecule has 0 aliphatic rings. The summed E-state index contributed by atoms with van der Waals surface area (Å²) in [5.74, 6) is 0.844. The van der Waals surface area contributed by atoms with Gasteiger partial charge in [-0.1, -0.05) is 12.1 Å². The molecule has 0 saturated carbocycles. The summed E-state index contributed by atoms with van der Waals surface area (Å²) < 4.78 is 11.2. The Bertz CT molecular complexity index is 829. The van der Waals surface area contributed by atoms with Crippen LogP contribution < -0.4 is 4.74 Å². The minimum atomic E-state index is -0.599. The number of thiophene rings is 1. The van der Waals surface area contributed by atoms with Gasteiger partial charge in [0, 0.05) is 6.07 Å². The first kappa shape index (κ1) is 15.2. The number of aryl methyl sites for hydroxylation is 1. The monoisotopic (exact) mass is 331 g/mol. The Kier molecular flexibility index (Phi) is 4.07. The molecule has 3 aromatic rings. The molecule has 0 saturated heterocycles. The topological polar surface area (TPSA) is 91.3 Å². The number of nitro groups is 1. The van der Waals surface area contributed by atoms with Crippen molar-refractivity contribution in [2.24, 2.45) is 0 Å². The molecule has 0 radical (unpaired) electrons. The van der Waals surface area contributed by atoms with Crippen molar-refractivity contribution in [3.63, 3.8) is 0 Å². The lowest BCUT2D eigenvalue weighted by atomic mass is 10.2. The minimum absolute atomic E-state index is 0.0881. The fourth-order valence-electron chi connectivity index (χ4n) is 2.01. The zero-order chi connectivity index (χ0) is 16.4. The zero-order valence-corrected chi connectivity index (χ0v) is 13.2. The third-order valence-electron chi connectivity index (χ3n) is 3.14. The lowest BCUT2D eigenvalue weighted by Gasteiger charge is -2.11. The number of rotatable bonds is 5. The van der Waals surface area contributed by atoms with Crippen molar-refractivity contribution < 1.29 is 14.1 Å². The highest BCUT2D eigenvalue weighted by molar-refractivity contribution is 7.13. The fourth-order valence-corrected chi connectivity index (χ4v) is 2.65. The molecule has 0 bridgehead atoms. The molecule has 2 aromatic heterocycles. The average molecular weight is 331 g/mol. The van der Waals surface area contributed by atoms with E-state index in [-0.39, 0.29) is 17.3 Å². The van der Waals surface area contributed by atoms with Gasteiger partial charge in [0.2, 0.25) is 0 Å². The first-order valence-electron chi connectivity index (χ1n) is 6.83. The third kappa shape index (κ3) is 3.21. The molecular formula is C15H13N3O4S. The van der Waals surface area contributed by atoms with E-state index in [1.807, 2.05) is 17.5 Å². The summed E-state index contributed by atoms with van der Waals surface area (Å²) in [5.41, 5.74) is 0.698. The standard InChI is InChI=1S/C15H13N3O4S/c1-9-5-6-12(11(8-9)18(19)20)21-10(2)14-16-17-15(22-14)13-4-3-7-23-13/h3-8,10H,1-2H3. The van der Waals surface area contributed by atoms with Gasteiger partial charge >= 0.3 is 5.69 Å². The second kappa shape index (κ2) is 6.17. The summed E-state index contributed by atoms with van der Waals surface area (Å²) in [4.78, 5) is 11.5. The SMILES string of the molecule is Cc1ccc(OC(C)c2nnc(-c3cccs3)o2)c([N+](=O)[O-])c1. The van der Waals surface area contributed by atoms with Gasteiger partial charge in [-0.3, -0.25) is 10.1 Å². The van der Waals surface area contributed by atoms with E-state index in [1.54, 1.807) is 26.0 Å². The molecule has 23 heavy (non-hydrogen) atoms. The van der Waals surface area contributed by atoms with E-state index in [0.29, 0.717) is 5.89 Å². The molecule has 3 rings (SSSR count). The van der Waals surface area contributed by atoms with Gasteiger partial charge in [0.05, 0.1) is 9.80 Å². The van der Waals surface area contributed by atoms with Crippen molar-refractivity contribution in [3.8, 4) is 16.5 Å². The normalized spacial score (nSPS) is 12.1. The largest absolute Gasteiger partial charge is 0.474 e. The highest BCUT2D eigenvalue weighted by atomic mass is 32.1. The van der Waals surface area contributed by atoms with Gasteiger partial charge in [0.15, 0.2) is 11.9 Å². The van der Waals surface area contributed by atoms with Crippen molar-refractivity contribution in [2.45, 2.75) is 20.0 Å². The molecule has 118 valence electrons. The van der Waals surface area contributed by atoms with Gasteiger partial charge in [-0.15, -0.1) is 21.5 Å². The molecule has 0 fully saturated rings. The maximum atomic E-state index is 11.1. The number of aromatic nitrogens is 2. The van der Waals surface area contributed by atoms with Crippen molar-refractivity contribution in [1.29, 1.82) is 0 Å². The number of nitrogens with zero attached hydrogens (tertiary/aromatic N) is 3. The average Bonchev–Trinajstić information content (AvgIpc) is 3.19. The van der Waals surface area contributed by atoms with E-state index in [9.17, 15) is 10.1 Å². The summed E-state index contributed by atoms with van der Waals surface area (Å²) in [6.45, 7) is 3.49. The van der Waals surface area contributed by atoms with Crippen LogP contribution in [0.5, 0.6) is 5.75 Å². The molecule has 1 atom stereocenters. The predicted molar refractivity (Wildman–Crippen MR) is 84.5 cm³/mol. The third-order valence-corrected chi connectivity index (χ3v) is 3.99. The molecule has 0 amide bonds. The second-order valence-corrected chi connectivity index (χ2v) is 5.86. The Morgan fingerprint density at radius 3 is 2.87 bits per heavy atom. The van der Waals surface area contributed by atoms with Crippen molar-refractivity contribution in [1.82, 2.24) is 10.2 Å². The molecule has 1 unspecified atom stereocenters. The second-order valence-electron chi connectivity index (χ2n) is 4.91. The number of nitro benzene ring substituents is 1. The molecule has 0 spiro atoms. The van der Waals surface area contributed by atoms with Crippen LogP contribution in [0.25, 0.3) is 10.8 Å². The number of ether oxygens (including phenoxy) is 1. The fraction of sp³-hybridized carbons (Fsp3) is 0.200. The quantitative estimate of drug-likeness (QED) is 0.515. The molecule has 0 aliphatic heterocycles. The van der Waals surface area contributed by atoms with E-state index < -0.39 is 11.0 Å². The van der Waals surface area contributed by atoms with E-state index in [1.165, 1.54) is 17.4 Å². The number of hydrogen-bond donors (Lipinski definition) is 0. The maximum Gasteiger partial charge on any atom is 0.311 e. The smallest absolute Gasteiger partial charge is 0.311 e. The van der Waals surface area contributed by atoms with Crippen LogP contribution in [-0.4, -0.2) is 15.1 Å². The minimum Gasteiger partial charge on any atom is -0.474 e. The van der Waals surface area contributed by atoms with E-state index >= 15 is 0 Å². The number of hydrogen-bond acceptors (Lipinski definition) is 7. The van der Waals surface area contributed by atoms with Crippen LogP contribution in [0.1, 0.15) is 24.5 Å². The van der Waals surface area contributed by atoms with Crippen molar-refractivity contribution in [2.75, 3.05) is 0 Å². The van der Waals surface area contributed by atoms with Crippen LogP contribution >= 0.6 is 11.3 Å². The van der Waals surface area contributed by atoms with E-state index in [0.717, 1.165) is 10.4 Å². The van der Waals surface area contributed by atoms with Crippen LogP contribution in [-0.2, 0) is 0 Å². The highest BCUT2D eigenvalue weighted by Crippen LogP contribution is 2.32. The number of benzene rings is 1. The maximum absolute atomic E-state index is 11.1. The van der Waals surface area contributed by atoms with Crippen molar-refractivity contribution >= 4 is 17.0 Å². The molecule has 0 aliphatic carbocycles. The van der Waals surface area contributed by atoms with E-state index in [2.05, 4.69) is 10.2 Å². The summed E-state index contributed by atoms with van der Waals surface area (Å²) in [6.07, 6.45) is -0.599. The predicted octanol–water partition coefficient (Wildman–Crippen LogP) is 4.15. The Hall–Kier alpha value is -2.74. The van der Waals surface area contributed by atoms with Crippen molar-refractivity contribution in [3.05, 3.63) is 57.3 Å². The van der Waals surface area contributed by atoms with Gasteiger partial charge in [-0.05, 0) is 36.9 Å².